The molecule has 94 valence electrons. The molecule has 0 aromatic heterocycles. The van der Waals surface area contributed by atoms with Crippen LogP contribution in [0.2, 0.25) is 0 Å². The normalized spacial score (nSPS) is 22.9. The molecule has 2 N–H and O–H groups in total. The number of nitrogens with two attached hydrogens (primary N) is 1. The van der Waals surface area contributed by atoms with Crippen LogP contribution in [0.5, 0.6) is 0 Å². The molecule has 6 heteroatoms. The van der Waals surface area contributed by atoms with Crippen molar-refractivity contribution < 1.29 is 9.59 Å². The Balaban J connectivity index is 1.97. The van der Waals surface area contributed by atoms with Gasteiger partial charge in [-0.15, -0.1) is 0 Å². The van der Waals surface area contributed by atoms with Crippen LogP contribution in [0.25, 0.3) is 0 Å². The first kappa shape index (κ1) is 12.3. The minimum Gasteiger partial charge on any atom is -0.393 e. The molecule has 0 atom stereocenters. The van der Waals surface area contributed by atoms with Crippen LogP contribution in [0.3, 0.4) is 0 Å². The number of carbonyl (C=O) groups is 2. The number of nitrogens with zero attached hydrogens (tertiary/aromatic N) is 2. The Labute approximate surface area is 106 Å². The largest absolute Gasteiger partial charge is 0.393 e. The maximum absolute atomic E-state index is 11.8. The molecule has 1 aliphatic carbocycles. The predicted molar refractivity (Wildman–Crippen MR) is 67.3 cm³/mol. The second kappa shape index (κ2) is 4.25. The highest BCUT2D eigenvalue weighted by Crippen LogP contribution is 2.49. The van der Waals surface area contributed by atoms with Gasteiger partial charge in [0.2, 0.25) is 11.8 Å². The first-order chi connectivity index (χ1) is 7.92. The van der Waals surface area contributed by atoms with Crippen LogP contribution < -0.4 is 5.73 Å². The lowest BCUT2D eigenvalue weighted by atomic mass is 10.0. The quantitative estimate of drug-likeness (QED) is 0.703. The monoisotopic (exact) mass is 255 g/mol. The lowest BCUT2D eigenvalue weighted by Gasteiger charge is -2.34. The highest BCUT2D eigenvalue weighted by molar-refractivity contribution is 7.80. The summed E-state index contributed by atoms with van der Waals surface area (Å²) in [6, 6.07) is 0. The Hall–Kier alpha value is -1.17. The fraction of sp³-hybridized carbons (Fsp3) is 0.727. The lowest BCUT2D eigenvalue weighted by molar-refractivity contribution is -0.149. The first-order valence-corrected chi connectivity index (χ1v) is 6.13. The van der Waals surface area contributed by atoms with Crippen molar-refractivity contribution in [1.29, 1.82) is 0 Å². The molecule has 2 amide bonds. The molecule has 17 heavy (non-hydrogen) atoms. The van der Waals surface area contributed by atoms with Gasteiger partial charge in [0.05, 0.1) is 18.1 Å². The molecule has 1 aliphatic heterocycles. The van der Waals surface area contributed by atoms with Crippen LogP contribution in [-0.4, -0.2) is 53.3 Å². The molecule has 0 spiro atoms. The van der Waals surface area contributed by atoms with Crippen LogP contribution in [-0.2, 0) is 9.59 Å². The van der Waals surface area contributed by atoms with Crippen molar-refractivity contribution in [1.82, 2.24) is 9.80 Å². The van der Waals surface area contributed by atoms with Crippen LogP contribution in [0.4, 0.5) is 0 Å². The average molecular weight is 255 g/mol. The van der Waals surface area contributed by atoms with Gasteiger partial charge < -0.3 is 15.5 Å². The van der Waals surface area contributed by atoms with Crippen molar-refractivity contribution >= 4 is 29.0 Å². The molecular formula is C11H17N3O2S. The maximum atomic E-state index is 11.8. The van der Waals surface area contributed by atoms with Gasteiger partial charge in [-0.05, 0) is 18.3 Å². The molecule has 1 saturated carbocycles. The fourth-order valence-corrected chi connectivity index (χ4v) is 2.56. The van der Waals surface area contributed by atoms with E-state index in [0.717, 1.165) is 12.8 Å². The molecule has 2 fully saturated rings. The summed E-state index contributed by atoms with van der Waals surface area (Å²) < 4.78 is 0. The second-order valence-electron chi connectivity index (χ2n) is 5.14. The van der Waals surface area contributed by atoms with E-state index >= 15 is 0 Å². The van der Waals surface area contributed by atoms with Crippen molar-refractivity contribution in [3.05, 3.63) is 0 Å². The number of rotatable bonds is 4. The highest BCUT2D eigenvalue weighted by atomic mass is 32.1. The van der Waals surface area contributed by atoms with Gasteiger partial charge in [0.25, 0.3) is 0 Å². The molecule has 0 aromatic rings. The van der Waals surface area contributed by atoms with E-state index in [2.05, 4.69) is 0 Å². The topological polar surface area (TPSA) is 66.6 Å². The number of hydrogen-bond acceptors (Lipinski definition) is 3. The van der Waals surface area contributed by atoms with Crippen LogP contribution in [0.15, 0.2) is 0 Å². The number of piperazine rings is 1. The Morgan fingerprint density at radius 2 is 2.00 bits per heavy atom. The van der Waals surface area contributed by atoms with Crippen molar-refractivity contribution in [2.45, 2.75) is 19.3 Å². The molecule has 1 saturated heterocycles. The second-order valence-corrected chi connectivity index (χ2v) is 5.67. The summed E-state index contributed by atoms with van der Waals surface area (Å²) in [5.41, 5.74) is 5.61. The number of hydrogen-bond donors (Lipinski definition) is 1. The Bertz CT molecular complexity index is 379. The molecule has 0 radical (unpaired) electrons. The zero-order chi connectivity index (χ0) is 12.6. The number of likely N-dealkylation sites (N-methyl/N-ethyl adjacent to an activating group) is 1. The molecule has 0 aromatic carbocycles. The van der Waals surface area contributed by atoms with E-state index in [1.807, 2.05) is 0 Å². The van der Waals surface area contributed by atoms with Gasteiger partial charge in [-0.2, -0.15) is 0 Å². The minimum atomic E-state index is -0.00396. The Kier molecular flexibility index (Phi) is 3.07. The van der Waals surface area contributed by atoms with Gasteiger partial charge >= 0.3 is 0 Å². The maximum Gasteiger partial charge on any atom is 0.242 e. The van der Waals surface area contributed by atoms with Crippen LogP contribution in [0, 0.1) is 5.41 Å². The van der Waals surface area contributed by atoms with E-state index in [1.165, 1.54) is 4.90 Å². The third-order valence-corrected chi connectivity index (χ3v) is 3.65. The number of carbonyl (C=O) groups excluding carboxylic acids is 2. The lowest BCUT2D eigenvalue weighted by Crippen LogP contribution is -2.53. The Morgan fingerprint density at radius 3 is 2.53 bits per heavy atom. The van der Waals surface area contributed by atoms with E-state index in [1.54, 1.807) is 11.9 Å². The van der Waals surface area contributed by atoms with Crippen molar-refractivity contribution in [2.24, 2.45) is 11.1 Å². The van der Waals surface area contributed by atoms with Gasteiger partial charge in [-0.3, -0.25) is 9.59 Å². The smallest absolute Gasteiger partial charge is 0.242 e. The predicted octanol–water partition coefficient (Wildman–Crippen LogP) is -0.257. The van der Waals surface area contributed by atoms with E-state index in [-0.39, 0.29) is 30.3 Å². The van der Waals surface area contributed by atoms with Crippen LogP contribution in [0.1, 0.15) is 19.3 Å². The van der Waals surface area contributed by atoms with Gasteiger partial charge in [0, 0.05) is 20.0 Å². The standard InChI is InChI=1S/C11H17N3O2S/c1-13-5-10(16)14(6-9(13)15)7-11(2-3-11)4-8(12)17/h2-7H2,1H3,(H2,12,17). The summed E-state index contributed by atoms with van der Waals surface area (Å²) >= 11 is 4.92. The van der Waals surface area contributed by atoms with E-state index < -0.39 is 0 Å². The minimum absolute atomic E-state index is 0.00396. The average Bonchev–Trinajstić information content (AvgIpc) is 2.93. The van der Waals surface area contributed by atoms with E-state index in [9.17, 15) is 9.59 Å². The third-order valence-electron chi connectivity index (χ3n) is 3.51. The van der Waals surface area contributed by atoms with Crippen LogP contribution >= 0.6 is 12.2 Å². The van der Waals surface area contributed by atoms with E-state index in [4.69, 9.17) is 18.0 Å². The zero-order valence-electron chi connectivity index (χ0n) is 9.94. The number of amides is 2. The summed E-state index contributed by atoms with van der Waals surface area (Å²) in [5.74, 6) is 0.0111. The third kappa shape index (κ3) is 2.74. The summed E-state index contributed by atoms with van der Waals surface area (Å²) in [4.78, 5) is 27.0. The SMILES string of the molecule is CN1CC(=O)N(CC2(CC(N)=S)CC2)CC1=O. The van der Waals surface area contributed by atoms with Crippen molar-refractivity contribution in [3.63, 3.8) is 0 Å². The zero-order valence-corrected chi connectivity index (χ0v) is 10.8. The first-order valence-electron chi connectivity index (χ1n) is 5.72. The summed E-state index contributed by atoms with van der Waals surface area (Å²) in [6.45, 7) is 0.985. The van der Waals surface area contributed by atoms with Crippen molar-refractivity contribution in [2.75, 3.05) is 26.7 Å². The summed E-state index contributed by atoms with van der Waals surface area (Å²) in [5, 5.41) is 0. The highest BCUT2D eigenvalue weighted by Gasteiger charge is 2.46. The van der Waals surface area contributed by atoms with Gasteiger partial charge in [0.1, 0.15) is 0 Å². The molecular weight excluding hydrogens is 238 g/mol. The van der Waals surface area contributed by atoms with Gasteiger partial charge in [0.15, 0.2) is 0 Å². The molecule has 0 bridgehead atoms. The van der Waals surface area contributed by atoms with E-state index in [0.29, 0.717) is 18.0 Å². The summed E-state index contributed by atoms with van der Waals surface area (Å²) in [6.07, 6.45) is 2.76. The Morgan fingerprint density at radius 1 is 1.35 bits per heavy atom. The van der Waals surface area contributed by atoms with Gasteiger partial charge in [-0.25, -0.2) is 0 Å². The van der Waals surface area contributed by atoms with Gasteiger partial charge in [-0.1, -0.05) is 12.2 Å². The molecule has 2 aliphatic rings. The molecule has 5 nitrogen and oxygen atoms in total. The molecule has 0 unspecified atom stereocenters. The summed E-state index contributed by atoms with van der Waals surface area (Å²) in [7, 11) is 1.65. The fourth-order valence-electron chi connectivity index (χ4n) is 2.25. The van der Waals surface area contributed by atoms with Crippen molar-refractivity contribution in [3.8, 4) is 0 Å². The molecule has 2 rings (SSSR count). The molecule has 1 heterocycles. The number of thiocarbonyl (C=S) groups is 1.